The van der Waals surface area contributed by atoms with Gasteiger partial charge < -0.3 is 9.47 Å². The number of hydrogen-bond donors (Lipinski definition) is 0. The number of benzene rings is 1. The van der Waals surface area contributed by atoms with Crippen LogP contribution in [0.4, 0.5) is 0 Å². The van der Waals surface area contributed by atoms with E-state index in [2.05, 4.69) is 4.74 Å². The van der Waals surface area contributed by atoms with Crippen LogP contribution in [0, 0.1) is 0 Å². The Morgan fingerprint density at radius 3 is 2.39 bits per heavy atom. The molecule has 0 spiro atoms. The number of esters is 1. The Labute approximate surface area is 107 Å². The molecule has 1 rings (SSSR count). The molecule has 0 N–H and O–H groups in total. The molecule has 0 saturated carbocycles. The van der Waals surface area contributed by atoms with E-state index in [-0.39, 0.29) is 11.8 Å². The maximum absolute atomic E-state index is 10.9. The molecular formula is C14H18O4. The minimum absolute atomic E-state index is 0.141. The summed E-state index contributed by atoms with van der Waals surface area (Å²) < 4.78 is 10.00. The summed E-state index contributed by atoms with van der Waals surface area (Å²) in [5.41, 5.74) is 0.976. The van der Waals surface area contributed by atoms with Crippen molar-refractivity contribution in [2.45, 2.75) is 26.2 Å². The molecular weight excluding hydrogens is 232 g/mol. The van der Waals surface area contributed by atoms with Crippen LogP contribution >= 0.6 is 0 Å². The summed E-state index contributed by atoms with van der Waals surface area (Å²) in [5.74, 6) is 0.657. The first-order chi connectivity index (χ1) is 8.61. The molecule has 0 radical (unpaired) electrons. The number of ketones is 1. The number of Topliss-reactive ketones (excluding diaryl/α,β-unsaturated/α-hetero) is 1. The zero-order valence-corrected chi connectivity index (χ0v) is 10.8. The Balaban J connectivity index is 2.31. The van der Waals surface area contributed by atoms with E-state index in [0.717, 1.165) is 11.3 Å². The minimum Gasteiger partial charge on any atom is -0.494 e. The van der Waals surface area contributed by atoms with Gasteiger partial charge in [-0.25, -0.2) is 0 Å². The summed E-state index contributed by atoms with van der Waals surface area (Å²) in [4.78, 5) is 21.8. The van der Waals surface area contributed by atoms with E-state index in [1.165, 1.54) is 7.11 Å². The van der Waals surface area contributed by atoms with Crippen molar-refractivity contribution in [1.82, 2.24) is 0 Å². The zero-order valence-electron chi connectivity index (χ0n) is 10.8. The molecule has 0 unspecified atom stereocenters. The van der Waals surface area contributed by atoms with Crippen LogP contribution in [-0.4, -0.2) is 25.5 Å². The van der Waals surface area contributed by atoms with Crippen molar-refractivity contribution in [1.29, 1.82) is 0 Å². The SMILES string of the molecule is COC(=O)CCCOc1ccc(CC(C)=O)cc1. The van der Waals surface area contributed by atoms with Gasteiger partial charge in [-0.2, -0.15) is 0 Å². The van der Waals surface area contributed by atoms with E-state index in [1.807, 2.05) is 24.3 Å². The van der Waals surface area contributed by atoms with Crippen LogP contribution in [0.1, 0.15) is 25.3 Å². The van der Waals surface area contributed by atoms with Gasteiger partial charge in [-0.1, -0.05) is 12.1 Å². The van der Waals surface area contributed by atoms with Crippen molar-refractivity contribution < 1.29 is 19.1 Å². The lowest BCUT2D eigenvalue weighted by atomic mass is 10.1. The van der Waals surface area contributed by atoms with Crippen molar-refractivity contribution in [2.75, 3.05) is 13.7 Å². The van der Waals surface area contributed by atoms with Gasteiger partial charge in [-0.05, 0) is 31.0 Å². The largest absolute Gasteiger partial charge is 0.494 e. The summed E-state index contributed by atoms with van der Waals surface area (Å²) in [6.45, 7) is 2.04. The molecule has 0 aromatic heterocycles. The van der Waals surface area contributed by atoms with Gasteiger partial charge >= 0.3 is 5.97 Å². The molecule has 0 saturated heterocycles. The Morgan fingerprint density at radius 2 is 1.83 bits per heavy atom. The average molecular weight is 250 g/mol. The van der Waals surface area contributed by atoms with Gasteiger partial charge in [0.25, 0.3) is 0 Å². The third kappa shape index (κ3) is 5.48. The van der Waals surface area contributed by atoms with Crippen molar-refractivity contribution in [3.05, 3.63) is 29.8 Å². The van der Waals surface area contributed by atoms with Crippen LogP contribution in [0.3, 0.4) is 0 Å². The molecule has 4 heteroatoms. The maximum Gasteiger partial charge on any atom is 0.305 e. The predicted octanol–water partition coefficient (Wildman–Crippen LogP) is 2.15. The Hall–Kier alpha value is -1.84. The molecule has 0 aliphatic carbocycles. The van der Waals surface area contributed by atoms with Gasteiger partial charge in [-0.3, -0.25) is 9.59 Å². The van der Waals surface area contributed by atoms with Crippen LogP contribution in [0.15, 0.2) is 24.3 Å². The highest BCUT2D eigenvalue weighted by atomic mass is 16.5. The van der Waals surface area contributed by atoms with Crippen LogP contribution in [0.25, 0.3) is 0 Å². The summed E-state index contributed by atoms with van der Waals surface area (Å²) in [6.07, 6.45) is 1.43. The van der Waals surface area contributed by atoms with Crippen LogP contribution in [0.2, 0.25) is 0 Å². The standard InChI is InChI=1S/C14H18O4/c1-11(15)10-12-5-7-13(8-6-12)18-9-3-4-14(16)17-2/h5-8H,3-4,9-10H2,1-2H3. The number of ether oxygens (including phenoxy) is 2. The third-order valence-electron chi connectivity index (χ3n) is 2.40. The second kappa shape index (κ2) is 7.48. The van der Waals surface area contributed by atoms with Crippen molar-refractivity contribution in [2.24, 2.45) is 0 Å². The first-order valence-electron chi connectivity index (χ1n) is 5.90. The number of methoxy groups -OCH3 is 1. The first-order valence-corrected chi connectivity index (χ1v) is 5.90. The molecule has 0 heterocycles. The van der Waals surface area contributed by atoms with Gasteiger partial charge in [-0.15, -0.1) is 0 Å². The quantitative estimate of drug-likeness (QED) is 0.549. The fraction of sp³-hybridized carbons (Fsp3) is 0.429. The highest BCUT2D eigenvalue weighted by Gasteiger charge is 2.01. The lowest BCUT2D eigenvalue weighted by molar-refractivity contribution is -0.140. The maximum atomic E-state index is 10.9. The number of carbonyl (C=O) groups excluding carboxylic acids is 2. The average Bonchev–Trinajstić information content (AvgIpc) is 2.35. The Kier molecular flexibility index (Phi) is 5.91. The fourth-order valence-corrected chi connectivity index (χ4v) is 1.50. The number of hydrogen-bond acceptors (Lipinski definition) is 4. The van der Waals surface area contributed by atoms with Gasteiger partial charge in [0.2, 0.25) is 0 Å². The lowest BCUT2D eigenvalue weighted by Gasteiger charge is -2.06. The fourth-order valence-electron chi connectivity index (χ4n) is 1.50. The van der Waals surface area contributed by atoms with Gasteiger partial charge in [0.05, 0.1) is 13.7 Å². The summed E-state index contributed by atoms with van der Waals surface area (Å²) >= 11 is 0. The van der Waals surface area contributed by atoms with Crippen molar-refractivity contribution in [3.8, 4) is 5.75 Å². The second-order valence-corrected chi connectivity index (χ2v) is 4.05. The monoisotopic (exact) mass is 250 g/mol. The van der Waals surface area contributed by atoms with E-state index in [4.69, 9.17) is 4.74 Å². The molecule has 98 valence electrons. The molecule has 0 fully saturated rings. The van der Waals surface area contributed by atoms with Gasteiger partial charge in [0.1, 0.15) is 11.5 Å². The first kappa shape index (κ1) is 14.2. The zero-order chi connectivity index (χ0) is 13.4. The van der Waals surface area contributed by atoms with Gasteiger partial charge in [0.15, 0.2) is 0 Å². The summed E-state index contributed by atoms with van der Waals surface area (Å²) in [5, 5.41) is 0. The molecule has 18 heavy (non-hydrogen) atoms. The van der Waals surface area contributed by atoms with E-state index < -0.39 is 0 Å². The minimum atomic E-state index is -0.226. The molecule has 0 aliphatic rings. The van der Waals surface area contributed by atoms with E-state index in [9.17, 15) is 9.59 Å². The van der Waals surface area contributed by atoms with Crippen LogP contribution < -0.4 is 4.74 Å². The van der Waals surface area contributed by atoms with Crippen molar-refractivity contribution in [3.63, 3.8) is 0 Å². The smallest absolute Gasteiger partial charge is 0.305 e. The molecule has 1 aromatic rings. The van der Waals surface area contributed by atoms with E-state index in [1.54, 1.807) is 6.92 Å². The molecule has 4 nitrogen and oxygen atoms in total. The Bertz CT molecular complexity index is 395. The Morgan fingerprint density at radius 1 is 1.17 bits per heavy atom. The number of rotatable bonds is 7. The number of carbonyl (C=O) groups is 2. The lowest BCUT2D eigenvalue weighted by Crippen LogP contribution is -2.04. The molecule has 0 atom stereocenters. The molecule has 0 aliphatic heterocycles. The third-order valence-corrected chi connectivity index (χ3v) is 2.40. The highest BCUT2D eigenvalue weighted by molar-refractivity contribution is 5.78. The van der Waals surface area contributed by atoms with E-state index >= 15 is 0 Å². The molecule has 0 amide bonds. The topological polar surface area (TPSA) is 52.6 Å². The predicted molar refractivity (Wildman–Crippen MR) is 67.6 cm³/mol. The molecule has 0 bridgehead atoms. The van der Waals surface area contributed by atoms with Gasteiger partial charge in [0, 0.05) is 12.8 Å². The highest BCUT2D eigenvalue weighted by Crippen LogP contribution is 2.13. The molecule has 1 aromatic carbocycles. The van der Waals surface area contributed by atoms with Crippen LogP contribution in [0.5, 0.6) is 5.75 Å². The van der Waals surface area contributed by atoms with Crippen LogP contribution in [-0.2, 0) is 20.7 Å². The van der Waals surface area contributed by atoms with E-state index in [0.29, 0.717) is 25.9 Å². The normalized spacial score (nSPS) is 9.89. The second-order valence-electron chi connectivity index (χ2n) is 4.05. The summed E-state index contributed by atoms with van der Waals surface area (Å²) in [7, 11) is 1.37. The summed E-state index contributed by atoms with van der Waals surface area (Å²) in [6, 6.07) is 7.40. The van der Waals surface area contributed by atoms with Crippen molar-refractivity contribution >= 4 is 11.8 Å².